The van der Waals surface area contributed by atoms with Crippen LogP contribution in [0.1, 0.15) is 6.42 Å². The van der Waals surface area contributed by atoms with Crippen LogP contribution in [0, 0.1) is 0 Å². The van der Waals surface area contributed by atoms with Gasteiger partial charge in [-0.3, -0.25) is 9.59 Å². The van der Waals surface area contributed by atoms with E-state index in [1.807, 2.05) is 6.20 Å². The molecule has 3 heterocycles. The normalized spacial score (nSPS) is 17.1. The van der Waals surface area contributed by atoms with Gasteiger partial charge in [0.2, 0.25) is 11.8 Å². The molecule has 2 amide bonds. The van der Waals surface area contributed by atoms with E-state index in [1.165, 1.54) is 28.2 Å². The molecule has 8 heteroatoms. The molecule has 1 N–H and O–H groups in total. The largest absolute Gasteiger partial charge is 0.356 e. The molecule has 0 unspecified atom stereocenters. The van der Waals surface area contributed by atoms with E-state index in [1.54, 1.807) is 16.8 Å². The summed E-state index contributed by atoms with van der Waals surface area (Å²) in [6.45, 7) is 8.44. The van der Waals surface area contributed by atoms with Gasteiger partial charge in [-0.25, -0.2) is 9.29 Å². The zero-order valence-electron chi connectivity index (χ0n) is 16.3. The van der Waals surface area contributed by atoms with Gasteiger partial charge >= 0.3 is 0 Å². The lowest BCUT2D eigenvalue weighted by Crippen LogP contribution is -2.49. The Morgan fingerprint density at radius 2 is 1.90 bits per heavy atom. The number of nitrogens with zero attached hydrogens (tertiary/aromatic N) is 4. The van der Waals surface area contributed by atoms with Crippen molar-refractivity contribution in [3.8, 4) is 0 Å². The Balaban J connectivity index is 1.38. The Hall–Kier alpha value is -2.58. The van der Waals surface area contributed by atoms with Crippen LogP contribution >= 0.6 is 11.9 Å². The third kappa shape index (κ3) is 4.38. The molecule has 2 fully saturated rings. The summed E-state index contributed by atoms with van der Waals surface area (Å²) in [6, 6.07) is 8.48. The number of amides is 2. The number of hydrogen-bond donors (Lipinski definition) is 1. The molecule has 7 nitrogen and oxygen atoms in total. The van der Waals surface area contributed by atoms with Crippen LogP contribution in [0.4, 0.5) is 5.82 Å². The second-order valence-corrected chi connectivity index (χ2v) is 8.29. The summed E-state index contributed by atoms with van der Waals surface area (Å²) in [5, 5.41) is 4.97. The summed E-state index contributed by atoms with van der Waals surface area (Å²) in [4.78, 5) is 33.4. The van der Waals surface area contributed by atoms with Gasteiger partial charge in [0.25, 0.3) is 0 Å². The molecule has 29 heavy (non-hydrogen) atoms. The van der Waals surface area contributed by atoms with E-state index in [-0.39, 0.29) is 18.4 Å². The van der Waals surface area contributed by atoms with Crippen molar-refractivity contribution in [2.45, 2.75) is 11.3 Å². The van der Waals surface area contributed by atoms with E-state index in [2.05, 4.69) is 50.4 Å². The van der Waals surface area contributed by atoms with E-state index >= 15 is 0 Å². The van der Waals surface area contributed by atoms with E-state index in [9.17, 15) is 9.59 Å². The van der Waals surface area contributed by atoms with Gasteiger partial charge in [-0.1, -0.05) is 18.7 Å². The Bertz CT molecular complexity index is 922. The first-order chi connectivity index (χ1) is 14.2. The van der Waals surface area contributed by atoms with Crippen molar-refractivity contribution in [3.63, 3.8) is 0 Å². The number of pyridine rings is 1. The van der Waals surface area contributed by atoms with Crippen LogP contribution in [0.5, 0.6) is 0 Å². The van der Waals surface area contributed by atoms with Crippen LogP contribution in [0.2, 0.25) is 0 Å². The molecule has 0 radical (unpaired) electrons. The van der Waals surface area contributed by atoms with Crippen LogP contribution < -0.4 is 10.2 Å². The zero-order valence-corrected chi connectivity index (χ0v) is 17.2. The van der Waals surface area contributed by atoms with E-state index < -0.39 is 0 Å². The zero-order chi connectivity index (χ0) is 20.2. The predicted octanol–water partition coefficient (Wildman–Crippen LogP) is 1.90. The van der Waals surface area contributed by atoms with Crippen molar-refractivity contribution in [2.24, 2.45) is 0 Å². The molecule has 0 spiro atoms. The summed E-state index contributed by atoms with van der Waals surface area (Å²) in [6.07, 6.45) is 4.30. The lowest BCUT2D eigenvalue weighted by molar-refractivity contribution is -0.133. The van der Waals surface area contributed by atoms with Crippen LogP contribution in [-0.4, -0.2) is 71.8 Å². The highest BCUT2D eigenvalue weighted by Crippen LogP contribution is 2.35. The number of benzene rings is 1. The van der Waals surface area contributed by atoms with Gasteiger partial charge < -0.3 is 15.1 Å². The van der Waals surface area contributed by atoms with Crippen LogP contribution in [0.15, 0.2) is 48.0 Å². The number of rotatable bonds is 6. The van der Waals surface area contributed by atoms with Crippen molar-refractivity contribution in [1.82, 2.24) is 19.5 Å². The third-order valence-corrected chi connectivity index (χ3v) is 6.49. The van der Waals surface area contributed by atoms with Gasteiger partial charge in [-0.2, -0.15) is 0 Å². The van der Waals surface area contributed by atoms with Crippen molar-refractivity contribution in [1.29, 1.82) is 0 Å². The second-order valence-electron chi connectivity index (χ2n) is 7.15. The summed E-state index contributed by atoms with van der Waals surface area (Å²) in [5.74, 6) is 0.698. The number of hydrogen-bond acceptors (Lipinski definition) is 6. The van der Waals surface area contributed by atoms with Gasteiger partial charge in [-0.05, 0) is 36.6 Å². The van der Waals surface area contributed by atoms with Crippen LogP contribution in [-0.2, 0) is 9.59 Å². The maximum Gasteiger partial charge on any atom is 0.243 e. The van der Waals surface area contributed by atoms with E-state index in [4.69, 9.17) is 0 Å². The number of piperazine rings is 1. The average Bonchev–Trinajstić information content (AvgIpc) is 2.71. The SMILES string of the molecule is C=CC(=O)NCC(=O)N1CCN(Sc2cccc3c(N4CCC4)nccc23)CC1. The maximum atomic E-state index is 12.2. The average molecular weight is 412 g/mol. The molecular formula is C21H25N5O2S. The Morgan fingerprint density at radius 1 is 1.10 bits per heavy atom. The fourth-order valence-electron chi connectivity index (χ4n) is 3.54. The Kier molecular flexibility index (Phi) is 6.01. The highest BCUT2D eigenvalue weighted by molar-refractivity contribution is 7.97. The Labute approximate surface area is 174 Å². The van der Waals surface area contributed by atoms with E-state index in [0.717, 1.165) is 32.0 Å². The lowest BCUT2D eigenvalue weighted by Gasteiger charge is -2.34. The quantitative estimate of drug-likeness (QED) is 0.578. The van der Waals surface area contributed by atoms with Crippen LogP contribution in [0.3, 0.4) is 0 Å². The first-order valence-corrected chi connectivity index (χ1v) is 10.7. The van der Waals surface area contributed by atoms with Crippen LogP contribution in [0.25, 0.3) is 10.8 Å². The van der Waals surface area contributed by atoms with Gasteiger partial charge in [0, 0.05) is 61.1 Å². The molecule has 2 aliphatic rings. The lowest BCUT2D eigenvalue weighted by atomic mass is 10.1. The van der Waals surface area contributed by atoms with Gasteiger partial charge in [0.05, 0.1) is 6.54 Å². The number of fused-ring (bicyclic) bond motifs is 1. The minimum atomic E-state index is -0.324. The summed E-state index contributed by atoms with van der Waals surface area (Å²) >= 11 is 1.74. The highest BCUT2D eigenvalue weighted by atomic mass is 32.2. The molecule has 0 atom stereocenters. The molecule has 1 aromatic carbocycles. The number of aromatic nitrogens is 1. The molecule has 0 aliphatic carbocycles. The van der Waals surface area contributed by atoms with Crippen molar-refractivity contribution >= 4 is 40.4 Å². The second kappa shape index (κ2) is 8.84. The minimum Gasteiger partial charge on any atom is -0.356 e. The molecule has 2 aromatic rings. The first-order valence-electron chi connectivity index (χ1n) is 9.89. The molecule has 0 saturated carbocycles. The summed E-state index contributed by atoms with van der Waals surface area (Å²) in [5.41, 5.74) is 0. The molecule has 2 aliphatic heterocycles. The monoisotopic (exact) mass is 411 g/mol. The molecule has 0 bridgehead atoms. The minimum absolute atomic E-state index is 0.0214. The summed E-state index contributed by atoms with van der Waals surface area (Å²) in [7, 11) is 0. The summed E-state index contributed by atoms with van der Waals surface area (Å²) < 4.78 is 2.30. The molecule has 152 valence electrons. The standard InChI is InChI=1S/C21H25N5O2S/c1-2-19(27)23-15-20(28)24-11-13-26(14-12-24)29-18-6-3-5-17-16(18)7-8-22-21(17)25-9-4-10-25/h2-3,5-8H,1,4,9-15H2,(H,23,27). The smallest absolute Gasteiger partial charge is 0.243 e. The fourth-order valence-corrected chi connectivity index (χ4v) is 4.58. The predicted molar refractivity (Wildman–Crippen MR) is 116 cm³/mol. The number of carbonyl (C=O) groups is 2. The Morgan fingerprint density at radius 3 is 2.59 bits per heavy atom. The van der Waals surface area contributed by atoms with Gasteiger partial charge in [-0.15, -0.1) is 0 Å². The number of carbonyl (C=O) groups excluding carboxylic acids is 2. The topological polar surface area (TPSA) is 68.8 Å². The molecular weight excluding hydrogens is 386 g/mol. The van der Waals surface area contributed by atoms with Crippen molar-refractivity contribution in [3.05, 3.63) is 43.1 Å². The molecule has 2 saturated heterocycles. The van der Waals surface area contributed by atoms with Gasteiger partial charge in [0.15, 0.2) is 0 Å². The molecule has 4 rings (SSSR count). The number of anilines is 1. The fraction of sp³-hybridized carbons (Fsp3) is 0.381. The molecule has 1 aromatic heterocycles. The first kappa shape index (κ1) is 19.7. The maximum absolute atomic E-state index is 12.2. The van der Waals surface area contributed by atoms with Crippen molar-refractivity contribution in [2.75, 3.05) is 50.7 Å². The number of nitrogens with one attached hydrogen (secondary N) is 1. The highest BCUT2D eigenvalue weighted by Gasteiger charge is 2.23. The van der Waals surface area contributed by atoms with Crippen molar-refractivity contribution < 1.29 is 9.59 Å². The van der Waals surface area contributed by atoms with Gasteiger partial charge in [0.1, 0.15) is 5.82 Å². The third-order valence-electron chi connectivity index (χ3n) is 5.32. The van der Waals surface area contributed by atoms with E-state index in [0.29, 0.717) is 13.1 Å².